The van der Waals surface area contributed by atoms with Crippen LogP contribution in [0, 0.1) is 0 Å². The molecule has 0 aliphatic carbocycles. The Kier molecular flexibility index (Phi) is 4.28. The number of nitrogens with zero attached hydrogens (tertiary/aromatic N) is 1. The molecule has 0 spiro atoms. The Morgan fingerprint density at radius 1 is 1.62 bits per heavy atom. The molecular formula is C11H16N4O4S2. The van der Waals surface area contributed by atoms with Gasteiger partial charge in [-0.25, -0.2) is 13.4 Å². The molecule has 1 aromatic heterocycles. The van der Waals surface area contributed by atoms with Gasteiger partial charge in [0, 0.05) is 6.07 Å². The molecule has 2 rings (SSSR count). The quantitative estimate of drug-likeness (QED) is 0.482. The first-order valence-electron chi connectivity index (χ1n) is 6.19. The molecule has 4 N–H and O–H groups in total. The van der Waals surface area contributed by atoms with Crippen molar-refractivity contribution in [1.29, 1.82) is 0 Å². The Morgan fingerprint density at radius 3 is 2.90 bits per heavy atom. The smallest absolute Gasteiger partial charge is 0.253 e. The number of H-pyrrole nitrogens is 1. The summed E-state index contributed by atoms with van der Waals surface area (Å²) in [5, 5.41) is 2.97. The van der Waals surface area contributed by atoms with Gasteiger partial charge in [-0.2, -0.15) is 0 Å². The van der Waals surface area contributed by atoms with E-state index < -0.39 is 15.4 Å². The lowest BCUT2D eigenvalue weighted by molar-refractivity contribution is -0.120. The molecule has 1 aliphatic heterocycles. The first-order valence-corrected chi connectivity index (χ1v) is 8.99. The van der Waals surface area contributed by atoms with E-state index in [0.29, 0.717) is 6.42 Å². The minimum Gasteiger partial charge on any atom is -0.383 e. The van der Waals surface area contributed by atoms with Gasteiger partial charge in [-0.1, -0.05) is 11.8 Å². The van der Waals surface area contributed by atoms with E-state index in [1.807, 2.05) is 0 Å². The van der Waals surface area contributed by atoms with Crippen molar-refractivity contribution in [3.05, 3.63) is 16.4 Å². The number of sulfone groups is 1. The zero-order chi connectivity index (χ0) is 15.7. The number of rotatable bonds is 4. The number of amides is 1. The van der Waals surface area contributed by atoms with Gasteiger partial charge >= 0.3 is 0 Å². The molecule has 21 heavy (non-hydrogen) atoms. The summed E-state index contributed by atoms with van der Waals surface area (Å²) in [5.41, 5.74) is 4.32. The third kappa shape index (κ3) is 4.46. The fourth-order valence-electron chi connectivity index (χ4n) is 2.14. The number of nitrogens with one attached hydrogen (secondary N) is 2. The lowest BCUT2D eigenvalue weighted by Crippen LogP contribution is -2.47. The molecule has 1 fully saturated rings. The number of nitrogens with two attached hydrogens (primary N) is 1. The molecule has 1 unspecified atom stereocenters. The Balaban J connectivity index is 1.92. The molecule has 1 aromatic rings. The van der Waals surface area contributed by atoms with Crippen LogP contribution in [-0.4, -0.2) is 47.1 Å². The Hall–Kier alpha value is -1.55. The van der Waals surface area contributed by atoms with Gasteiger partial charge in [-0.05, 0) is 13.3 Å². The van der Waals surface area contributed by atoms with Crippen LogP contribution >= 0.6 is 11.8 Å². The maximum Gasteiger partial charge on any atom is 0.253 e. The minimum atomic E-state index is -3.08. The Bertz CT molecular complexity index is 715. The second-order valence-electron chi connectivity index (χ2n) is 5.21. The van der Waals surface area contributed by atoms with Crippen molar-refractivity contribution in [2.45, 2.75) is 24.0 Å². The zero-order valence-corrected chi connectivity index (χ0v) is 13.0. The molecule has 10 heteroatoms. The predicted molar refractivity (Wildman–Crippen MR) is 79.8 cm³/mol. The largest absolute Gasteiger partial charge is 0.383 e. The topological polar surface area (TPSA) is 135 Å². The maximum absolute atomic E-state index is 11.9. The summed E-state index contributed by atoms with van der Waals surface area (Å²) in [4.78, 5) is 29.4. The monoisotopic (exact) mass is 332 g/mol. The average Bonchev–Trinajstić information content (AvgIpc) is 2.59. The van der Waals surface area contributed by atoms with Crippen molar-refractivity contribution in [1.82, 2.24) is 15.3 Å². The van der Waals surface area contributed by atoms with Crippen molar-refractivity contribution in [2.24, 2.45) is 0 Å². The van der Waals surface area contributed by atoms with E-state index in [0.717, 1.165) is 17.8 Å². The van der Waals surface area contributed by atoms with Crippen LogP contribution in [0.2, 0.25) is 0 Å². The molecular weight excluding hydrogens is 316 g/mol. The third-order valence-corrected chi connectivity index (χ3v) is 5.80. The van der Waals surface area contributed by atoms with E-state index in [2.05, 4.69) is 15.3 Å². The lowest BCUT2D eigenvalue weighted by atomic mass is 10.0. The van der Waals surface area contributed by atoms with Gasteiger partial charge in [0.15, 0.2) is 15.0 Å². The third-order valence-electron chi connectivity index (χ3n) is 3.02. The number of aromatic nitrogens is 2. The molecule has 1 atom stereocenters. The summed E-state index contributed by atoms with van der Waals surface area (Å²) in [6.07, 6.45) is 0.402. The Labute approximate surface area is 125 Å². The highest BCUT2D eigenvalue weighted by atomic mass is 32.2. The zero-order valence-electron chi connectivity index (χ0n) is 11.4. The molecule has 1 amide bonds. The fourth-order valence-corrected chi connectivity index (χ4v) is 4.91. The average molecular weight is 332 g/mol. The van der Waals surface area contributed by atoms with Crippen LogP contribution in [-0.2, 0) is 14.6 Å². The number of hydrogen-bond acceptors (Lipinski definition) is 7. The van der Waals surface area contributed by atoms with Crippen molar-refractivity contribution >= 4 is 33.3 Å². The molecule has 0 aromatic carbocycles. The number of aromatic amines is 1. The lowest BCUT2D eigenvalue weighted by Gasteiger charge is -2.23. The first kappa shape index (κ1) is 15.8. The van der Waals surface area contributed by atoms with Crippen molar-refractivity contribution < 1.29 is 13.2 Å². The summed E-state index contributed by atoms with van der Waals surface area (Å²) < 4.78 is 22.9. The molecule has 0 bridgehead atoms. The Morgan fingerprint density at radius 2 is 2.33 bits per heavy atom. The summed E-state index contributed by atoms with van der Waals surface area (Å²) in [6.45, 7) is 1.71. The standard InChI is InChI=1S/C11H16N4O4S2/c1-11(2-3-21(18,19)6-11)15-9(17)5-20-10-13-7(12)4-8(16)14-10/h4H,2-3,5-6H2,1H3,(H,15,17)(H3,12,13,14,16). The van der Waals surface area contributed by atoms with Gasteiger partial charge in [-0.3, -0.25) is 9.59 Å². The number of carbonyl (C=O) groups excluding carboxylic acids is 1. The van der Waals surface area contributed by atoms with Crippen molar-refractivity contribution in [3.8, 4) is 0 Å². The second-order valence-corrected chi connectivity index (χ2v) is 8.36. The highest BCUT2D eigenvalue weighted by Crippen LogP contribution is 2.23. The normalized spacial score (nSPS) is 23.9. The van der Waals surface area contributed by atoms with E-state index in [9.17, 15) is 18.0 Å². The summed E-state index contributed by atoms with van der Waals surface area (Å²) in [6, 6.07) is 1.15. The molecule has 0 radical (unpaired) electrons. The van der Waals surface area contributed by atoms with Crippen LogP contribution in [0.15, 0.2) is 16.0 Å². The number of hydrogen-bond donors (Lipinski definition) is 3. The number of nitrogen functional groups attached to an aromatic ring is 1. The van der Waals surface area contributed by atoms with Crippen LogP contribution in [0.5, 0.6) is 0 Å². The predicted octanol–water partition coefficient (Wildman–Crippen LogP) is -0.862. The van der Waals surface area contributed by atoms with Gasteiger partial charge in [0.05, 0.1) is 22.8 Å². The molecule has 116 valence electrons. The first-order chi connectivity index (χ1) is 9.67. The van der Waals surface area contributed by atoms with Crippen molar-refractivity contribution in [3.63, 3.8) is 0 Å². The van der Waals surface area contributed by atoms with Gasteiger partial charge in [0.1, 0.15) is 5.82 Å². The van der Waals surface area contributed by atoms with Crippen LogP contribution < -0.4 is 16.6 Å². The van der Waals surface area contributed by atoms with Crippen molar-refractivity contribution in [2.75, 3.05) is 23.0 Å². The van der Waals surface area contributed by atoms with Gasteiger partial charge in [0.25, 0.3) is 5.56 Å². The van der Waals surface area contributed by atoms with E-state index >= 15 is 0 Å². The van der Waals surface area contributed by atoms with Gasteiger partial charge < -0.3 is 16.0 Å². The number of thioether (sulfide) groups is 1. The molecule has 8 nitrogen and oxygen atoms in total. The van der Waals surface area contributed by atoms with Crippen LogP contribution in [0.25, 0.3) is 0 Å². The van der Waals surface area contributed by atoms with Gasteiger partial charge in [-0.15, -0.1) is 0 Å². The summed E-state index contributed by atoms with van der Waals surface area (Å²) in [7, 11) is -3.08. The van der Waals surface area contributed by atoms with E-state index in [1.54, 1.807) is 6.92 Å². The SMILES string of the molecule is CC1(NC(=O)CSc2nc(N)cc(=O)[nH]2)CCS(=O)(=O)C1. The van der Waals surface area contributed by atoms with E-state index in [-0.39, 0.29) is 39.7 Å². The fraction of sp³-hybridized carbons (Fsp3) is 0.545. The maximum atomic E-state index is 11.9. The summed E-state index contributed by atoms with van der Waals surface area (Å²) in [5.74, 6) is -0.188. The van der Waals surface area contributed by atoms with E-state index in [4.69, 9.17) is 5.73 Å². The highest BCUT2D eigenvalue weighted by Gasteiger charge is 2.39. The molecule has 0 saturated carbocycles. The number of carbonyl (C=O) groups is 1. The number of anilines is 1. The van der Waals surface area contributed by atoms with Crippen LogP contribution in [0.3, 0.4) is 0 Å². The van der Waals surface area contributed by atoms with E-state index in [1.165, 1.54) is 0 Å². The second kappa shape index (κ2) is 5.68. The van der Waals surface area contributed by atoms with Crippen LogP contribution in [0.1, 0.15) is 13.3 Å². The summed E-state index contributed by atoms with van der Waals surface area (Å²) >= 11 is 1.03. The molecule has 2 heterocycles. The minimum absolute atomic E-state index is 0.0159. The van der Waals surface area contributed by atoms with Crippen LogP contribution in [0.4, 0.5) is 5.82 Å². The highest BCUT2D eigenvalue weighted by molar-refractivity contribution is 7.99. The molecule has 1 aliphatic rings. The van der Waals surface area contributed by atoms with Gasteiger partial charge in [0.2, 0.25) is 5.91 Å². The molecule has 1 saturated heterocycles.